The summed E-state index contributed by atoms with van der Waals surface area (Å²) >= 11 is 6.06. The van der Waals surface area contributed by atoms with Crippen LogP contribution in [0.15, 0.2) is 0 Å². The quantitative estimate of drug-likeness (QED) is 0.749. The molecule has 1 aromatic heterocycles. The number of hydrogen-bond donors (Lipinski definition) is 0. The smallest absolute Gasteiger partial charge is 0.155 e. The molecule has 0 N–H and O–H groups in total. The van der Waals surface area contributed by atoms with Gasteiger partial charge in [0.15, 0.2) is 6.29 Å². The summed E-state index contributed by atoms with van der Waals surface area (Å²) in [7, 11) is 1.55. The van der Waals surface area contributed by atoms with Crippen LogP contribution in [-0.2, 0) is 16.9 Å². The highest BCUT2D eigenvalue weighted by molar-refractivity contribution is 6.32. The van der Waals surface area contributed by atoms with Gasteiger partial charge in [-0.25, -0.2) is 4.68 Å². The molecule has 15 heavy (non-hydrogen) atoms. The number of ether oxygens (including phenoxy) is 1. The van der Waals surface area contributed by atoms with Gasteiger partial charge in [0.25, 0.3) is 0 Å². The largest absolute Gasteiger partial charge is 0.378 e. The third kappa shape index (κ3) is 2.38. The molecule has 0 radical (unpaired) electrons. The van der Waals surface area contributed by atoms with E-state index in [1.165, 1.54) is 0 Å². The van der Waals surface area contributed by atoms with Crippen molar-refractivity contribution in [2.45, 2.75) is 32.9 Å². The zero-order valence-electron chi connectivity index (χ0n) is 9.37. The van der Waals surface area contributed by atoms with E-state index < -0.39 is 0 Å². The molecule has 0 aliphatic rings. The van der Waals surface area contributed by atoms with Crippen LogP contribution < -0.4 is 0 Å². The molecule has 1 heterocycles. The van der Waals surface area contributed by atoms with Crippen LogP contribution in [0.4, 0.5) is 0 Å². The zero-order valence-corrected chi connectivity index (χ0v) is 10.1. The number of nitrogens with zero attached hydrogens (tertiary/aromatic N) is 2. The first-order chi connectivity index (χ1) is 6.91. The Morgan fingerprint density at radius 3 is 2.53 bits per heavy atom. The first-order valence-electron chi connectivity index (χ1n) is 4.63. The predicted molar refractivity (Wildman–Crippen MR) is 58.3 cm³/mol. The van der Waals surface area contributed by atoms with Gasteiger partial charge in [0.1, 0.15) is 10.8 Å². The lowest BCUT2D eigenvalue weighted by Gasteiger charge is -2.20. The number of carbonyl (C=O) groups is 1. The fourth-order valence-corrected chi connectivity index (χ4v) is 1.70. The first-order valence-corrected chi connectivity index (χ1v) is 5.01. The van der Waals surface area contributed by atoms with Gasteiger partial charge >= 0.3 is 0 Å². The molecule has 1 rings (SSSR count). The molecule has 1 aromatic rings. The molecule has 0 atom stereocenters. The van der Waals surface area contributed by atoms with Crippen molar-refractivity contribution < 1.29 is 9.53 Å². The maximum atomic E-state index is 10.9. The van der Waals surface area contributed by atoms with E-state index in [9.17, 15) is 4.79 Å². The van der Waals surface area contributed by atoms with Gasteiger partial charge in [-0.15, -0.1) is 0 Å². The van der Waals surface area contributed by atoms with Crippen molar-refractivity contribution in [2.75, 3.05) is 7.11 Å². The van der Waals surface area contributed by atoms with Gasteiger partial charge in [-0.3, -0.25) is 4.79 Å². The summed E-state index contributed by atoms with van der Waals surface area (Å²) in [5.41, 5.74) is 0.738. The van der Waals surface area contributed by atoms with Gasteiger partial charge in [-0.2, -0.15) is 5.10 Å². The highest BCUT2D eigenvalue weighted by atomic mass is 35.5. The van der Waals surface area contributed by atoms with Crippen molar-refractivity contribution in [3.63, 3.8) is 0 Å². The Bertz CT molecular complexity index is 366. The van der Waals surface area contributed by atoms with Crippen LogP contribution in [0.3, 0.4) is 0 Å². The third-order valence-corrected chi connectivity index (χ3v) is 2.34. The molecule has 84 valence electrons. The van der Waals surface area contributed by atoms with Gasteiger partial charge in [-0.1, -0.05) is 11.6 Å². The van der Waals surface area contributed by atoms with E-state index in [1.54, 1.807) is 11.8 Å². The van der Waals surface area contributed by atoms with Crippen LogP contribution >= 0.6 is 11.6 Å². The molecular weight excluding hydrogens is 216 g/mol. The zero-order chi connectivity index (χ0) is 11.6. The van der Waals surface area contributed by atoms with Crippen molar-refractivity contribution in [3.8, 4) is 0 Å². The Balaban J connectivity index is 3.27. The summed E-state index contributed by atoms with van der Waals surface area (Å²) in [6.07, 6.45) is 0.714. The molecule has 0 saturated heterocycles. The number of aromatic nitrogens is 2. The van der Waals surface area contributed by atoms with E-state index in [4.69, 9.17) is 16.3 Å². The maximum Gasteiger partial charge on any atom is 0.155 e. The minimum Gasteiger partial charge on any atom is -0.378 e. The number of hydrogen-bond acceptors (Lipinski definition) is 3. The van der Waals surface area contributed by atoms with Gasteiger partial charge < -0.3 is 4.74 Å². The molecule has 0 aliphatic carbocycles. The summed E-state index contributed by atoms with van der Waals surface area (Å²) < 4.78 is 6.59. The summed E-state index contributed by atoms with van der Waals surface area (Å²) in [4.78, 5) is 10.9. The van der Waals surface area contributed by atoms with E-state index in [0.29, 0.717) is 22.7 Å². The molecule has 0 aromatic carbocycles. The summed E-state index contributed by atoms with van der Waals surface area (Å²) in [6.45, 7) is 6.20. The fourth-order valence-electron chi connectivity index (χ4n) is 1.26. The SMILES string of the molecule is COCc1nn(C(C)(C)C)c(Cl)c1C=O. The van der Waals surface area contributed by atoms with Crippen molar-refractivity contribution >= 4 is 17.9 Å². The average Bonchev–Trinajstić information content (AvgIpc) is 2.42. The van der Waals surface area contributed by atoms with Crippen LogP contribution in [0, 0.1) is 0 Å². The van der Waals surface area contributed by atoms with Crippen LogP contribution in [-0.4, -0.2) is 23.2 Å². The number of aldehydes is 1. The predicted octanol–water partition coefficient (Wildman–Crippen LogP) is 2.25. The molecule has 0 bridgehead atoms. The Morgan fingerprint density at radius 1 is 1.53 bits per heavy atom. The van der Waals surface area contributed by atoms with E-state index in [1.807, 2.05) is 20.8 Å². The molecule has 0 fully saturated rings. The lowest BCUT2D eigenvalue weighted by molar-refractivity contribution is 0.111. The molecule has 0 spiro atoms. The minimum absolute atomic E-state index is 0.249. The molecule has 0 aliphatic heterocycles. The van der Waals surface area contributed by atoms with Crippen molar-refractivity contribution in [1.82, 2.24) is 9.78 Å². The van der Waals surface area contributed by atoms with E-state index in [-0.39, 0.29) is 12.1 Å². The molecule has 5 heteroatoms. The number of methoxy groups -OCH3 is 1. The molecule has 0 amide bonds. The first kappa shape index (κ1) is 12.2. The summed E-state index contributed by atoms with van der Waals surface area (Å²) in [6, 6.07) is 0. The van der Waals surface area contributed by atoms with Gasteiger partial charge in [-0.05, 0) is 20.8 Å². The molecule has 0 unspecified atom stereocenters. The van der Waals surface area contributed by atoms with E-state index >= 15 is 0 Å². The second-order valence-electron chi connectivity index (χ2n) is 4.28. The topological polar surface area (TPSA) is 44.1 Å². The fraction of sp³-hybridized carbons (Fsp3) is 0.600. The van der Waals surface area contributed by atoms with Crippen molar-refractivity contribution in [3.05, 3.63) is 16.4 Å². The lowest BCUT2D eigenvalue weighted by Crippen LogP contribution is -2.23. The third-order valence-electron chi connectivity index (χ3n) is 1.97. The monoisotopic (exact) mass is 230 g/mol. The highest BCUT2D eigenvalue weighted by Gasteiger charge is 2.23. The Labute approximate surface area is 94.2 Å². The molecule has 4 nitrogen and oxygen atoms in total. The lowest BCUT2D eigenvalue weighted by atomic mass is 10.1. The highest BCUT2D eigenvalue weighted by Crippen LogP contribution is 2.25. The minimum atomic E-state index is -0.249. The Hall–Kier alpha value is -0.870. The van der Waals surface area contributed by atoms with E-state index in [0.717, 1.165) is 0 Å². The number of halogens is 1. The number of carbonyl (C=O) groups excluding carboxylic acids is 1. The van der Waals surface area contributed by atoms with Gasteiger partial charge in [0.2, 0.25) is 0 Å². The van der Waals surface area contributed by atoms with E-state index in [2.05, 4.69) is 5.10 Å². The van der Waals surface area contributed by atoms with Crippen LogP contribution in [0.5, 0.6) is 0 Å². The standard InChI is InChI=1S/C10H15ClN2O2/c1-10(2,3)13-9(11)7(5-14)8(12-13)6-15-4/h5H,6H2,1-4H3. The molecule has 0 saturated carbocycles. The normalized spacial score (nSPS) is 11.8. The van der Waals surface area contributed by atoms with Crippen molar-refractivity contribution in [2.24, 2.45) is 0 Å². The maximum absolute atomic E-state index is 10.9. The second kappa shape index (κ2) is 4.33. The number of rotatable bonds is 3. The Kier molecular flexibility index (Phi) is 3.52. The van der Waals surface area contributed by atoms with Crippen LogP contribution in [0.1, 0.15) is 36.8 Å². The molecular formula is C10H15ClN2O2. The average molecular weight is 231 g/mol. The summed E-state index contributed by atoms with van der Waals surface area (Å²) in [5, 5.41) is 4.64. The van der Waals surface area contributed by atoms with Crippen LogP contribution in [0.25, 0.3) is 0 Å². The van der Waals surface area contributed by atoms with Crippen molar-refractivity contribution in [1.29, 1.82) is 0 Å². The van der Waals surface area contributed by atoms with Gasteiger partial charge in [0.05, 0.1) is 17.7 Å². The second-order valence-corrected chi connectivity index (χ2v) is 4.64. The summed E-state index contributed by atoms with van der Waals surface area (Å²) in [5.74, 6) is 0. The van der Waals surface area contributed by atoms with Crippen LogP contribution in [0.2, 0.25) is 5.15 Å². The van der Waals surface area contributed by atoms with Gasteiger partial charge in [0, 0.05) is 7.11 Å². The Morgan fingerprint density at radius 2 is 2.13 bits per heavy atom.